The Bertz CT molecular complexity index is 1650. The van der Waals surface area contributed by atoms with Crippen LogP contribution in [0.1, 0.15) is 26.5 Å². The molecule has 0 atom stereocenters. The number of imidazole rings is 1. The van der Waals surface area contributed by atoms with Gasteiger partial charge in [-0.3, -0.25) is 14.2 Å². The highest BCUT2D eigenvalue weighted by Crippen LogP contribution is 2.34. The minimum absolute atomic E-state index is 0.307. The summed E-state index contributed by atoms with van der Waals surface area (Å²) in [6.45, 7) is 0. The molecule has 0 radical (unpaired) electrons. The molecule has 1 aliphatic carbocycles. The second kappa shape index (κ2) is 7.70. The zero-order chi connectivity index (χ0) is 24.3. The summed E-state index contributed by atoms with van der Waals surface area (Å²) in [6.07, 6.45) is 1.32. The van der Waals surface area contributed by atoms with Crippen molar-refractivity contribution in [3.63, 3.8) is 0 Å². The number of carbonyl (C=O) groups excluding carboxylic acids is 2. The van der Waals surface area contributed by atoms with Crippen molar-refractivity contribution < 1.29 is 18.4 Å². The van der Waals surface area contributed by atoms with E-state index in [1.807, 2.05) is 82.9 Å². The van der Waals surface area contributed by atoms with Gasteiger partial charge in [0.2, 0.25) is 11.6 Å². The summed E-state index contributed by atoms with van der Waals surface area (Å²) in [5.41, 5.74) is 2.72. The molecule has 2 heterocycles. The first-order chi connectivity index (χ1) is 17.0. The van der Waals surface area contributed by atoms with E-state index in [9.17, 15) is 18.4 Å². The largest absolute Gasteiger partial charge is 0.327 e. The number of benzene rings is 3. The summed E-state index contributed by atoms with van der Waals surface area (Å²) in [5.74, 6) is -3.24. The number of rotatable bonds is 3. The molecular weight excluding hydrogens is 448 g/mol. The van der Waals surface area contributed by atoms with Gasteiger partial charge in [0, 0.05) is 12.7 Å². The van der Waals surface area contributed by atoms with Crippen LogP contribution in [0.3, 0.4) is 0 Å². The average Bonchev–Trinajstić information content (AvgIpc) is 3.48. The number of halogens is 2. The molecular formula is C28H17F2N3O2. The van der Waals surface area contributed by atoms with Crippen LogP contribution in [0, 0.1) is 11.6 Å². The van der Waals surface area contributed by atoms with Crippen LogP contribution in [0.5, 0.6) is 0 Å². The lowest BCUT2D eigenvalue weighted by Gasteiger charge is -2.07. The van der Waals surface area contributed by atoms with Crippen LogP contribution in [0.15, 0.2) is 84.4 Å². The van der Waals surface area contributed by atoms with E-state index in [1.165, 1.54) is 6.08 Å². The molecule has 2 aromatic heterocycles. The van der Waals surface area contributed by atoms with Crippen LogP contribution >= 0.6 is 0 Å². The molecule has 0 saturated heterocycles. The minimum atomic E-state index is -0.924. The number of nitrogens with zero attached hydrogens (tertiary/aromatic N) is 3. The highest BCUT2D eigenvalue weighted by molar-refractivity contribution is 6.41. The fourth-order valence-corrected chi connectivity index (χ4v) is 4.62. The summed E-state index contributed by atoms with van der Waals surface area (Å²) in [5, 5.41) is 0. The highest BCUT2D eigenvalue weighted by atomic mass is 19.1. The maximum Gasteiger partial charge on any atom is 0.200 e. The molecule has 6 rings (SSSR count). The molecule has 0 N–H and O–H groups in total. The summed E-state index contributed by atoms with van der Waals surface area (Å²) in [6, 6.07) is 22.9. The number of para-hydroxylation sites is 1. The van der Waals surface area contributed by atoms with Crippen molar-refractivity contribution in [1.29, 1.82) is 0 Å². The van der Waals surface area contributed by atoms with Gasteiger partial charge in [-0.1, -0.05) is 48.5 Å². The van der Waals surface area contributed by atoms with Gasteiger partial charge in [0.05, 0.1) is 27.9 Å². The Morgan fingerprint density at radius 2 is 1.37 bits per heavy atom. The summed E-state index contributed by atoms with van der Waals surface area (Å²) < 4.78 is 32.4. The topological polar surface area (TPSA) is 56.9 Å². The van der Waals surface area contributed by atoms with Crippen LogP contribution in [-0.4, -0.2) is 25.7 Å². The van der Waals surface area contributed by atoms with Gasteiger partial charge in [0.25, 0.3) is 0 Å². The molecule has 7 heteroatoms. The van der Waals surface area contributed by atoms with E-state index in [2.05, 4.69) is 0 Å². The molecule has 0 spiro atoms. The van der Waals surface area contributed by atoms with Gasteiger partial charge in [0.1, 0.15) is 17.5 Å². The third-order valence-corrected chi connectivity index (χ3v) is 6.28. The number of ketones is 2. The zero-order valence-electron chi connectivity index (χ0n) is 18.5. The van der Waals surface area contributed by atoms with Crippen LogP contribution < -0.4 is 0 Å². The lowest BCUT2D eigenvalue weighted by atomic mass is 10.1. The van der Waals surface area contributed by atoms with Crippen LogP contribution in [0.4, 0.5) is 8.78 Å². The third kappa shape index (κ3) is 3.09. The van der Waals surface area contributed by atoms with Crippen molar-refractivity contribution >= 4 is 28.8 Å². The fraction of sp³-hybridized carbons (Fsp3) is 0.0357. The van der Waals surface area contributed by atoms with E-state index in [0.717, 1.165) is 34.6 Å². The molecule has 0 fully saturated rings. The fourth-order valence-electron chi connectivity index (χ4n) is 4.62. The van der Waals surface area contributed by atoms with Crippen molar-refractivity contribution in [3.05, 3.63) is 113 Å². The van der Waals surface area contributed by atoms with Crippen molar-refractivity contribution in [3.8, 4) is 16.9 Å². The van der Waals surface area contributed by atoms with E-state index in [-0.39, 0.29) is 5.57 Å². The number of aryl methyl sites for hydroxylation is 1. The smallest absolute Gasteiger partial charge is 0.200 e. The Labute approximate surface area is 198 Å². The van der Waals surface area contributed by atoms with Gasteiger partial charge in [-0.2, -0.15) is 0 Å². The maximum atomic E-state index is 14.3. The van der Waals surface area contributed by atoms with E-state index < -0.39 is 34.3 Å². The zero-order valence-corrected chi connectivity index (χ0v) is 18.5. The van der Waals surface area contributed by atoms with Gasteiger partial charge in [-0.15, -0.1) is 0 Å². The van der Waals surface area contributed by atoms with Crippen LogP contribution in [-0.2, 0) is 7.05 Å². The van der Waals surface area contributed by atoms with Crippen molar-refractivity contribution in [2.45, 2.75) is 0 Å². The lowest BCUT2D eigenvalue weighted by molar-refractivity contribution is 0.0988. The lowest BCUT2D eigenvalue weighted by Crippen LogP contribution is -2.04. The van der Waals surface area contributed by atoms with Gasteiger partial charge in [-0.05, 0) is 42.0 Å². The van der Waals surface area contributed by atoms with Crippen LogP contribution in [0.25, 0.3) is 34.2 Å². The monoisotopic (exact) mass is 465 g/mol. The number of hydrogen-bond donors (Lipinski definition) is 0. The third-order valence-electron chi connectivity index (χ3n) is 6.28. The van der Waals surface area contributed by atoms with Crippen molar-refractivity contribution in [1.82, 2.24) is 14.1 Å². The molecule has 35 heavy (non-hydrogen) atoms. The van der Waals surface area contributed by atoms with Gasteiger partial charge < -0.3 is 4.57 Å². The number of Topliss-reactive ketones (excluding diaryl/α,β-unsaturated/α-hetero) is 2. The highest BCUT2D eigenvalue weighted by Gasteiger charge is 2.38. The van der Waals surface area contributed by atoms with Crippen molar-refractivity contribution in [2.75, 3.05) is 0 Å². The van der Waals surface area contributed by atoms with Gasteiger partial charge in [0.15, 0.2) is 5.65 Å². The maximum absolute atomic E-state index is 14.3. The first kappa shape index (κ1) is 20.9. The molecule has 1 aliphatic rings. The SMILES string of the molecule is Cn1c(-c2ccccc2)cc2c1nc(C=C1C(=O)c3c(F)ccc(F)c3C1=O)n2-c1ccccc1. The Morgan fingerprint density at radius 1 is 0.800 bits per heavy atom. The number of fused-ring (bicyclic) bond motifs is 2. The quantitative estimate of drug-likeness (QED) is 0.251. The Hall–Kier alpha value is -4.65. The summed E-state index contributed by atoms with van der Waals surface area (Å²) in [4.78, 5) is 30.6. The Morgan fingerprint density at radius 3 is 1.97 bits per heavy atom. The molecule has 0 unspecified atom stereocenters. The predicted octanol–water partition coefficient (Wildman–Crippen LogP) is 5.77. The standard InChI is InChI=1S/C28H17F2N3O2/c1-32-21(16-8-4-2-5-9-16)15-22-28(32)31-23(33(22)17-10-6-3-7-11-17)14-18-26(34)24-19(29)12-13-20(30)25(24)27(18)35/h2-15H,1H3. The molecule has 0 amide bonds. The normalized spacial score (nSPS) is 13.1. The number of allylic oxidation sites excluding steroid dienone is 1. The van der Waals surface area contributed by atoms with E-state index in [1.54, 1.807) is 0 Å². The first-order valence-corrected chi connectivity index (χ1v) is 10.9. The number of carbonyl (C=O) groups is 2. The first-order valence-electron chi connectivity index (χ1n) is 10.9. The summed E-state index contributed by atoms with van der Waals surface area (Å²) in [7, 11) is 1.89. The second-order valence-electron chi connectivity index (χ2n) is 8.30. The van der Waals surface area contributed by atoms with Crippen molar-refractivity contribution in [2.24, 2.45) is 7.05 Å². The van der Waals surface area contributed by atoms with Gasteiger partial charge >= 0.3 is 0 Å². The molecule has 3 aromatic carbocycles. The molecule has 0 bridgehead atoms. The predicted molar refractivity (Wildman–Crippen MR) is 128 cm³/mol. The molecule has 170 valence electrons. The number of aromatic nitrogens is 3. The van der Waals surface area contributed by atoms with Crippen LogP contribution in [0.2, 0.25) is 0 Å². The molecule has 0 saturated carbocycles. The average molecular weight is 465 g/mol. The molecule has 5 nitrogen and oxygen atoms in total. The molecule has 0 aliphatic heterocycles. The van der Waals surface area contributed by atoms with E-state index in [4.69, 9.17) is 4.98 Å². The van der Waals surface area contributed by atoms with Gasteiger partial charge in [-0.25, -0.2) is 13.8 Å². The van der Waals surface area contributed by atoms with E-state index in [0.29, 0.717) is 11.5 Å². The summed E-state index contributed by atoms with van der Waals surface area (Å²) >= 11 is 0. The number of hydrogen-bond acceptors (Lipinski definition) is 3. The molecule has 5 aromatic rings. The second-order valence-corrected chi connectivity index (χ2v) is 8.30. The minimum Gasteiger partial charge on any atom is -0.327 e. The van der Waals surface area contributed by atoms with E-state index >= 15 is 0 Å². The Kier molecular flexibility index (Phi) is 4.60. The Balaban J connectivity index is 1.59.